The first-order chi connectivity index (χ1) is 10.6. The summed E-state index contributed by atoms with van der Waals surface area (Å²) in [6, 6.07) is 0. The number of fused-ring (bicyclic) bond motifs is 2. The zero-order valence-corrected chi connectivity index (χ0v) is 11.7. The van der Waals surface area contributed by atoms with Crippen molar-refractivity contribution < 1.29 is 20.1 Å². The molecule has 1 aliphatic rings. The number of aliphatic hydroxyl groups excluding tert-OH is 3. The number of imidazole rings is 2. The molecule has 3 aromatic heterocycles. The molecule has 0 radical (unpaired) electrons. The van der Waals surface area contributed by atoms with Gasteiger partial charge in [-0.2, -0.15) is 4.98 Å². The molecule has 0 aliphatic carbocycles. The molecule has 0 saturated carbocycles. The molecule has 3 N–H and O–H groups in total. The minimum atomic E-state index is -1.17. The molecule has 116 valence electrons. The Morgan fingerprint density at radius 2 is 2.09 bits per heavy atom. The Balaban J connectivity index is 1.84. The van der Waals surface area contributed by atoms with Gasteiger partial charge in [-0.15, -0.1) is 0 Å². The van der Waals surface area contributed by atoms with Crippen LogP contribution in [0.5, 0.6) is 0 Å². The summed E-state index contributed by atoms with van der Waals surface area (Å²) in [7, 11) is 0. The van der Waals surface area contributed by atoms with Crippen LogP contribution in [-0.2, 0) is 4.74 Å². The van der Waals surface area contributed by atoms with E-state index < -0.39 is 24.5 Å². The number of aliphatic hydroxyl groups is 3. The highest BCUT2D eigenvalue weighted by molar-refractivity contribution is 5.72. The molecule has 22 heavy (non-hydrogen) atoms. The maximum Gasteiger partial charge on any atom is 0.236 e. The summed E-state index contributed by atoms with van der Waals surface area (Å²) >= 11 is 0. The fraction of sp³-hybridized carbons (Fsp3) is 0.462. The van der Waals surface area contributed by atoms with Crippen molar-refractivity contribution >= 4 is 16.9 Å². The van der Waals surface area contributed by atoms with Gasteiger partial charge in [-0.3, -0.25) is 8.97 Å². The highest BCUT2D eigenvalue weighted by atomic mass is 16.6. The third kappa shape index (κ3) is 1.77. The highest BCUT2D eigenvalue weighted by Gasteiger charge is 2.43. The predicted molar refractivity (Wildman–Crippen MR) is 74.0 cm³/mol. The van der Waals surface area contributed by atoms with Crippen LogP contribution < -0.4 is 0 Å². The van der Waals surface area contributed by atoms with Gasteiger partial charge in [0.2, 0.25) is 5.78 Å². The SMILES string of the molecule is Cc1cnc2nc3c(cn12)ncn3[C@@H]1O[C@H](CO)[C@@H](O)[C@H]1O. The van der Waals surface area contributed by atoms with Crippen LogP contribution >= 0.6 is 0 Å². The Bertz CT molecular complexity index is 844. The van der Waals surface area contributed by atoms with Crippen molar-refractivity contribution in [1.82, 2.24) is 23.9 Å². The van der Waals surface area contributed by atoms with Crippen molar-refractivity contribution in [3.8, 4) is 0 Å². The van der Waals surface area contributed by atoms with E-state index in [1.54, 1.807) is 17.0 Å². The molecular formula is C13H15N5O4. The van der Waals surface area contributed by atoms with Crippen molar-refractivity contribution in [1.29, 1.82) is 0 Å². The van der Waals surface area contributed by atoms with Crippen molar-refractivity contribution in [3.05, 3.63) is 24.4 Å². The second-order valence-corrected chi connectivity index (χ2v) is 5.40. The fourth-order valence-electron chi connectivity index (χ4n) is 2.76. The van der Waals surface area contributed by atoms with Gasteiger partial charge >= 0.3 is 0 Å². The normalized spacial score (nSPS) is 28.9. The van der Waals surface area contributed by atoms with Gasteiger partial charge in [0.05, 0.1) is 19.1 Å². The van der Waals surface area contributed by atoms with E-state index >= 15 is 0 Å². The van der Waals surface area contributed by atoms with E-state index in [9.17, 15) is 15.3 Å². The van der Waals surface area contributed by atoms with Crippen LogP contribution in [0, 0.1) is 6.92 Å². The lowest BCUT2D eigenvalue weighted by molar-refractivity contribution is -0.0511. The standard InChI is InChI=1S/C13H15N5O4/c1-6-2-14-13-16-11-7(3-17(6)13)15-5-18(11)12-10(21)9(20)8(4-19)22-12/h2-3,5,8-10,12,19-21H,4H2,1H3/t8-,9-,10-,12-/m1/s1. The summed E-state index contributed by atoms with van der Waals surface area (Å²) in [6.07, 6.45) is 0.972. The number of hydrogen-bond acceptors (Lipinski definition) is 7. The number of aryl methyl sites for hydroxylation is 1. The summed E-state index contributed by atoms with van der Waals surface area (Å²) in [6.45, 7) is 1.54. The molecule has 1 saturated heterocycles. The van der Waals surface area contributed by atoms with Gasteiger partial charge in [0.25, 0.3) is 0 Å². The molecule has 0 spiro atoms. The lowest BCUT2D eigenvalue weighted by Crippen LogP contribution is -2.33. The molecule has 1 aliphatic heterocycles. The summed E-state index contributed by atoms with van der Waals surface area (Å²) in [5.74, 6) is 0.512. The Hall–Kier alpha value is -2.07. The van der Waals surface area contributed by atoms with E-state index in [0.717, 1.165) is 5.69 Å². The summed E-state index contributed by atoms with van der Waals surface area (Å²) < 4.78 is 8.87. The van der Waals surface area contributed by atoms with Gasteiger partial charge < -0.3 is 20.1 Å². The minimum Gasteiger partial charge on any atom is -0.394 e. The van der Waals surface area contributed by atoms with Crippen molar-refractivity contribution in [2.75, 3.05) is 6.61 Å². The molecular weight excluding hydrogens is 290 g/mol. The smallest absolute Gasteiger partial charge is 0.236 e. The zero-order valence-electron chi connectivity index (χ0n) is 11.7. The van der Waals surface area contributed by atoms with Crippen molar-refractivity contribution in [3.63, 3.8) is 0 Å². The first kappa shape index (κ1) is 13.6. The maximum atomic E-state index is 10.1. The number of rotatable bonds is 2. The van der Waals surface area contributed by atoms with Crippen LogP contribution in [0.3, 0.4) is 0 Å². The predicted octanol–water partition coefficient (Wildman–Crippen LogP) is -1.00. The average molecular weight is 305 g/mol. The van der Waals surface area contributed by atoms with E-state index in [0.29, 0.717) is 16.9 Å². The Morgan fingerprint density at radius 3 is 2.82 bits per heavy atom. The topological polar surface area (TPSA) is 118 Å². The van der Waals surface area contributed by atoms with Gasteiger partial charge in [0, 0.05) is 11.9 Å². The molecule has 0 aromatic carbocycles. The summed E-state index contributed by atoms with van der Waals surface area (Å²) in [5.41, 5.74) is 2.05. The van der Waals surface area contributed by atoms with Crippen molar-refractivity contribution in [2.45, 2.75) is 31.5 Å². The summed E-state index contributed by atoms with van der Waals surface area (Å²) in [5, 5.41) is 29.2. The molecule has 9 heteroatoms. The average Bonchev–Trinajstić information content (AvgIpc) is 3.17. The van der Waals surface area contributed by atoms with E-state index in [-0.39, 0.29) is 6.61 Å². The molecule has 9 nitrogen and oxygen atoms in total. The second kappa shape index (κ2) is 4.71. The van der Waals surface area contributed by atoms with Crippen LogP contribution in [-0.4, -0.2) is 64.2 Å². The maximum absolute atomic E-state index is 10.1. The van der Waals surface area contributed by atoms with Gasteiger partial charge in [-0.25, -0.2) is 9.97 Å². The third-order valence-corrected chi connectivity index (χ3v) is 4.01. The van der Waals surface area contributed by atoms with Crippen LogP contribution in [0.15, 0.2) is 18.7 Å². The van der Waals surface area contributed by atoms with E-state index in [4.69, 9.17) is 4.74 Å². The molecule has 0 unspecified atom stereocenters. The minimum absolute atomic E-state index is 0.377. The first-order valence-corrected chi connectivity index (χ1v) is 6.90. The van der Waals surface area contributed by atoms with Gasteiger partial charge in [-0.1, -0.05) is 0 Å². The Kier molecular flexibility index (Phi) is 2.91. The number of aromatic nitrogens is 5. The largest absolute Gasteiger partial charge is 0.394 e. The molecule has 1 fully saturated rings. The quantitative estimate of drug-likeness (QED) is 0.555. The Labute approximate surface area is 124 Å². The van der Waals surface area contributed by atoms with Crippen LogP contribution in [0.2, 0.25) is 0 Å². The fourth-order valence-corrected chi connectivity index (χ4v) is 2.76. The molecule has 4 atom stereocenters. The number of hydrogen-bond donors (Lipinski definition) is 3. The molecule has 3 aromatic rings. The third-order valence-electron chi connectivity index (χ3n) is 4.01. The van der Waals surface area contributed by atoms with Crippen LogP contribution in [0.25, 0.3) is 16.9 Å². The van der Waals surface area contributed by atoms with E-state index in [1.807, 2.05) is 11.3 Å². The summed E-state index contributed by atoms with van der Waals surface area (Å²) in [4.78, 5) is 12.9. The van der Waals surface area contributed by atoms with Crippen LogP contribution in [0.4, 0.5) is 0 Å². The number of nitrogens with zero attached hydrogens (tertiary/aromatic N) is 5. The van der Waals surface area contributed by atoms with E-state index in [2.05, 4.69) is 15.0 Å². The lowest BCUT2D eigenvalue weighted by atomic mass is 10.1. The molecule has 0 bridgehead atoms. The molecule has 0 amide bonds. The Morgan fingerprint density at radius 1 is 1.27 bits per heavy atom. The zero-order chi connectivity index (χ0) is 15.4. The lowest BCUT2D eigenvalue weighted by Gasteiger charge is -2.16. The highest BCUT2D eigenvalue weighted by Crippen LogP contribution is 2.31. The second-order valence-electron chi connectivity index (χ2n) is 5.40. The molecule has 4 heterocycles. The van der Waals surface area contributed by atoms with Gasteiger partial charge in [-0.05, 0) is 6.92 Å². The van der Waals surface area contributed by atoms with Gasteiger partial charge in [0.15, 0.2) is 11.9 Å². The van der Waals surface area contributed by atoms with E-state index in [1.165, 1.54) is 6.33 Å². The monoisotopic (exact) mass is 305 g/mol. The van der Waals surface area contributed by atoms with Gasteiger partial charge in [0.1, 0.15) is 23.8 Å². The van der Waals surface area contributed by atoms with Crippen molar-refractivity contribution in [2.24, 2.45) is 0 Å². The van der Waals surface area contributed by atoms with Crippen LogP contribution in [0.1, 0.15) is 11.9 Å². The number of ether oxygens (including phenoxy) is 1. The first-order valence-electron chi connectivity index (χ1n) is 6.90. The molecule has 4 rings (SSSR count).